The first-order valence-electron chi connectivity index (χ1n) is 10.0. The number of para-hydroxylation sites is 2. The molecule has 3 aromatic rings. The van der Waals surface area contributed by atoms with E-state index in [9.17, 15) is 5.11 Å². The minimum atomic E-state index is -0.561. The zero-order valence-corrected chi connectivity index (χ0v) is 15.9. The molecule has 1 aliphatic rings. The van der Waals surface area contributed by atoms with Crippen LogP contribution in [-0.4, -0.2) is 27.4 Å². The molecule has 27 heavy (non-hydrogen) atoms. The third-order valence-electron chi connectivity index (χ3n) is 5.61. The summed E-state index contributed by atoms with van der Waals surface area (Å²) in [6.07, 6.45) is 4.34. The van der Waals surface area contributed by atoms with Gasteiger partial charge < -0.3 is 14.4 Å². The second-order valence-electron chi connectivity index (χ2n) is 7.59. The lowest BCUT2D eigenvalue weighted by molar-refractivity contribution is -0.00867. The number of hydrogen-bond acceptors (Lipinski definition) is 3. The largest absolute Gasteiger partial charge is 0.389 e. The molecule has 1 saturated carbocycles. The van der Waals surface area contributed by atoms with E-state index >= 15 is 0 Å². The number of ether oxygens (including phenoxy) is 1. The van der Waals surface area contributed by atoms with Crippen molar-refractivity contribution in [3.05, 3.63) is 66.0 Å². The number of fused-ring (bicyclic) bond motifs is 1. The van der Waals surface area contributed by atoms with Gasteiger partial charge in [-0.1, -0.05) is 55.3 Å². The smallest absolute Gasteiger partial charge is 0.113 e. The van der Waals surface area contributed by atoms with Gasteiger partial charge in [0.05, 0.1) is 36.4 Å². The topological polar surface area (TPSA) is 47.3 Å². The van der Waals surface area contributed by atoms with Gasteiger partial charge in [0.15, 0.2) is 0 Å². The van der Waals surface area contributed by atoms with Crippen LogP contribution in [0.15, 0.2) is 54.6 Å². The summed E-state index contributed by atoms with van der Waals surface area (Å²) in [7, 11) is 0. The van der Waals surface area contributed by atoms with Gasteiger partial charge in [-0.25, -0.2) is 4.98 Å². The SMILES string of the molecule is CC(OCC(O)Cn1c(C2CCCC2)nc2ccccc21)c1ccccc1. The van der Waals surface area contributed by atoms with Gasteiger partial charge in [0.2, 0.25) is 0 Å². The maximum Gasteiger partial charge on any atom is 0.113 e. The van der Waals surface area contributed by atoms with E-state index in [0.29, 0.717) is 19.1 Å². The molecule has 0 radical (unpaired) electrons. The van der Waals surface area contributed by atoms with Crippen LogP contribution in [0.5, 0.6) is 0 Å². The summed E-state index contributed by atoms with van der Waals surface area (Å²) in [5.74, 6) is 1.64. The Balaban J connectivity index is 1.48. The molecule has 4 heteroatoms. The number of aliphatic hydroxyl groups is 1. The monoisotopic (exact) mass is 364 g/mol. The molecule has 1 N–H and O–H groups in total. The van der Waals surface area contributed by atoms with E-state index in [1.807, 2.05) is 37.3 Å². The van der Waals surface area contributed by atoms with E-state index in [1.54, 1.807) is 0 Å². The number of rotatable bonds is 7. The van der Waals surface area contributed by atoms with Crippen molar-refractivity contribution in [3.63, 3.8) is 0 Å². The van der Waals surface area contributed by atoms with Crippen molar-refractivity contribution in [3.8, 4) is 0 Å². The van der Waals surface area contributed by atoms with E-state index in [-0.39, 0.29) is 6.10 Å². The Kier molecular flexibility index (Phi) is 5.55. The summed E-state index contributed by atoms with van der Waals surface area (Å²) in [5, 5.41) is 10.7. The van der Waals surface area contributed by atoms with Gasteiger partial charge in [0, 0.05) is 5.92 Å². The molecule has 2 aromatic carbocycles. The Morgan fingerprint density at radius 1 is 1.07 bits per heavy atom. The van der Waals surface area contributed by atoms with Gasteiger partial charge >= 0.3 is 0 Å². The molecule has 1 fully saturated rings. The average molecular weight is 364 g/mol. The van der Waals surface area contributed by atoms with Crippen LogP contribution in [0, 0.1) is 0 Å². The normalized spacial score (nSPS) is 17.4. The highest BCUT2D eigenvalue weighted by atomic mass is 16.5. The van der Waals surface area contributed by atoms with E-state index in [4.69, 9.17) is 9.72 Å². The predicted molar refractivity (Wildman–Crippen MR) is 108 cm³/mol. The van der Waals surface area contributed by atoms with Gasteiger partial charge in [-0.3, -0.25) is 0 Å². The molecule has 2 atom stereocenters. The molecular formula is C23H28N2O2. The van der Waals surface area contributed by atoms with Crippen LogP contribution in [0.2, 0.25) is 0 Å². The van der Waals surface area contributed by atoms with Gasteiger partial charge in [0.1, 0.15) is 5.82 Å². The highest BCUT2D eigenvalue weighted by molar-refractivity contribution is 5.76. The van der Waals surface area contributed by atoms with E-state index in [1.165, 1.54) is 25.7 Å². The predicted octanol–water partition coefficient (Wildman–Crippen LogP) is 4.83. The maximum absolute atomic E-state index is 10.7. The molecule has 1 aliphatic carbocycles. The molecule has 0 amide bonds. The van der Waals surface area contributed by atoms with Crippen molar-refractivity contribution in [1.82, 2.24) is 9.55 Å². The number of nitrogens with zero attached hydrogens (tertiary/aromatic N) is 2. The molecule has 4 nitrogen and oxygen atoms in total. The Hall–Kier alpha value is -2.17. The van der Waals surface area contributed by atoms with E-state index in [2.05, 4.69) is 28.8 Å². The number of benzene rings is 2. The Morgan fingerprint density at radius 2 is 1.78 bits per heavy atom. The van der Waals surface area contributed by atoms with Gasteiger partial charge in [-0.05, 0) is 37.5 Å². The molecule has 1 heterocycles. The number of hydrogen-bond donors (Lipinski definition) is 1. The minimum Gasteiger partial charge on any atom is -0.389 e. The van der Waals surface area contributed by atoms with E-state index in [0.717, 1.165) is 22.4 Å². The van der Waals surface area contributed by atoms with Gasteiger partial charge in [-0.15, -0.1) is 0 Å². The first-order valence-corrected chi connectivity index (χ1v) is 10.0. The van der Waals surface area contributed by atoms with E-state index < -0.39 is 6.10 Å². The zero-order chi connectivity index (χ0) is 18.6. The second kappa shape index (κ2) is 8.24. The summed E-state index contributed by atoms with van der Waals surface area (Å²) >= 11 is 0. The zero-order valence-electron chi connectivity index (χ0n) is 15.9. The summed E-state index contributed by atoms with van der Waals surface area (Å²) in [4.78, 5) is 4.90. The summed E-state index contributed by atoms with van der Waals surface area (Å²) < 4.78 is 8.15. The molecule has 4 rings (SSSR count). The van der Waals surface area contributed by atoms with Crippen molar-refractivity contribution >= 4 is 11.0 Å². The van der Waals surface area contributed by atoms with Crippen molar-refractivity contribution in [2.45, 2.75) is 57.3 Å². The molecule has 142 valence electrons. The molecule has 0 spiro atoms. The molecule has 2 unspecified atom stereocenters. The number of aliphatic hydroxyl groups excluding tert-OH is 1. The lowest BCUT2D eigenvalue weighted by atomic mass is 10.1. The third-order valence-corrected chi connectivity index (χ3v) is 5.61. The molecule has 0 saturated heterocycles. The molecule has 0 bridgehead atoms. The van der Waals surface area contributed by atoms with Crippen molar-refractivity contribution in [1.29, 1.82) is 0 Å². The molecular weight excluding hydrogens is 336 g/mol. The van der Waals surface area contributed by atoms with Crippen LogP contribution in [0.1, 0.15) is 56.0 Å². The quantitative estimate of drug-likeness (QED) is 0.653. The fourth-order valence-electron chi connectivity index (χ4n) is 4.12. The second-order valence-corrected chi connectivity index (χ2v) is 7.59. The Morgan fingerprint density at radius 3 is 2.56 bits per heavy atom. The van der Waals surface area contributed by atoms with Crippen molar-refractivity contribution in [2.24, 2.45) is 0 Å². The summed E-state index contributed by atoms with van der Waals surface area (Å²) in [6.45, 7) is 2.86. The van der Waals surface area contributed by atoms with Gasteiger partial charge in [-0.2, -0.15) is 0 Å². The van der Waals surface area contributed by atoms with Crippen LogP contribution in [-0.2, 0) is 11.3 Å². The molecule has 1 aromatic heterocycles. The summed E-state index contributed by atoms with van der Waals surface area (Å²) in [6, 6.07) is 18.4. The Labute approximate surface area is 160 Å². The van der Waals surface area contributed by atoms with Crippen LogP contribution < -0.4 is 0 Å². The molecule has 0 aliphatic heterocycles. The van der Waals surface area contributed by atoms with Gasteiger partial charge in [0.25, 0.3) is 0 Å². The first-order chi connectivity index (χ1) is 13.2. The lowest BCUT2D eigenvalue weighted by Gasteiger charge is -2.20. The fraction of sp³-hybridized carbons (Fsp3) is 0.435. The fourth-order valence-corrected chi connectivity index (χ4v) is 4.12. The van der Waals surface area contributed by atoms with Crippen molar-refractivity contribution < 1.29 is 9.84 Å². The van der Waals surface area contributed by atoms with Crippen LogP contribution >= 0.6 is 0 Å². The van der Waals surface area contributed by atoms with Crippen LogP contribution in [0.3, 0.4) is 0 Å². The highest BCUT2D eigenvalue weighted by Crippen LogP contribution is 2.35. The van der Waals surface area contributed by atoms with Crippen LogP contribution in [0.25, 0.3) is 11.0 Å². The van der Waals surface area contributed by atoms with Crippen molar-refractivity contribution in [2.75, 3.05) is 6.61 Å². The summed E-state index contributed by atoms with van der Waals surface area (Å²) in [5.41, 5.74) is 3.25. The number of aromatic nitrogens is 2. The lowest BCUT2D eigenvalue weighted by Crippen LogP contribution is -2.24. The Bertz CT molecular complexity index is 868. The maximum atomic E-state index is 10.7. The third kappa shape index (κ3) is 4.07. The average Bonchev–Trinajstić information content (AvgIpc) is 3.35. The first kappa shape index (κ1) is 18.2. The standard InChI is InChI=1S/C23H28N2O2/c1-17(18-9-3-2-4-10-18)27-16-20(26)15-25-22-14-8-7-13-21(22)24-23(25)19-11-5-6-12-19/h2-4,7-10,13-14,17,19-20,26H,5-6,11-12,15-16H2,1H3. The number of imidazole rings is 1. The minimum absolute atomic E-state index is 0.0327. The highest BCUT2D eigenvalue weighted by Gasteiger charge is 2.24. The van der Waals surface area contributed by atoms with Crippen LogP contribution in [0.4, 0.5) is 0 Å².